The number of rotatable bonds is 5. The van der Waals surface area contributed by atoms with Crippen LogP contribution in [0.25, 0.3) is 0 Å². The van der Waals surface area contributed by atoms with E-state index in [0.29, 0.717) is 17.2 Å². The molecule has 2 N–H and O–H groups in total. The quantitative estimate of drug-likeness (QED) is 0.740. The molecule has 1 aromatic heterocycles. The summed E-state index contributed by atoms with van der Waals surface area (Å²) in [5.74, 6) is 0.198. The minimum absolute atomic E-state index is 0.179. The lowest BCUT2D eigenvalue weighted by Gasteiger charge is -2.09. The molecule has 7 heteroatoms. The molecule has 0 saturated carbocycles. The number of hydrogen-bond acceptors (Lipinski definition) is 4. The summed E-state index contributed by atoms with van der Waals surface area (Å²) in [5.41, 5.74) is 1.03. The second-order valence-corrected chi connectivity index (χ2v) is 6.66. The Morgan fingerprint density at radius 2 is 1.50 bits per heavy atom. The molecule has 0 amide bonds. The van der Waals surface area contributed by atoms with Crippen molar-refractivity contribution in [2.75, 3.05) is 10.0 Å². The smallest absolute Gasteiger partial charge is 0.261 e. The maximum absolute atomic E-state index is 12.9. The summed E-state index contributed by atoms with van der Waals surface area (Å²) >= 11 is 0. The monoisotopic (exact) mass is 343 g/mol. The van der Waals surface area contributed by atoms with Crippen molar-refractivity contribution in [3.63, 3.8) is 0 Å². The molecule has 0 aliphatic rings. The van der Waals surface area contributed by atoms with E-state index in [-0.39, 0.29) is 10.7 Å². The molecule has 122 valence electrons. The van der Waals surface area contributed by atoms with Crippen molar-refractivity contribution in [3.8, 4) is 0 Å². The molecule has 0 saturated heterocycles. The average Bonchev–Trinajstić information content (AvgIpc) is 2.59. The van der Waals surface area contributed by atoms with E-state index in [2.05, 4.69) is 15.0 Å². The molecule has 24 heavy (non-hydrogen) atoms. The molecule has 0 unspecified atom stereocenters. The van der Waals surface area contributed by atoms with Crippen molar-refractivity contribution in [1.82, 2.24) is 4.98 Å². The lowest BCUT2D eigenvalue weighted by atomic mass is 10.3. The molecule has 0 radical (unpaired) electrons. The third-order valence-corrected chi connectivity index (χ3v) is 4.58. The number of hydrogen-bond donors (Lipinski definition) is 2. The summed E-state index contributed by atoms with van der Waals surface area (Å²) in [7, 11) is -3.64. The number of nitrogens with zero attached hydrogens (tertiary/aromatic N) is 1. The Bertz CT molecular complexity index is 912. The molecular weight excluding hydrogens is 329 g/mol. The standard InChI is InChI=1S/C17H14FN3O2S/c18-13-6-8-14(9-7-13)20-17-11-10-15(12-19-17)21-24(22,23)16-4-2-1-3-5-16/h1-12,21H,(H,19,20). The highest BCUT2D eigenvalue weighted by Crippen LogP contribution is 2.19. The first-order chi connectivity index (χ1) is 11.5. The summed E-state index contributed by atoms with van der Waals surface area (Å²) < 4.78 is 39.8. The van der Waals surface area contributed by atoms with Gasteiger partial charge in [-0.05, 0) is 48.5 Å². The Hall–Kier alpha value is -2.93. The fourth-order valence-corrected chi connectivity index (χ4v) is 3.09. The summed E-state index contributed by atoms with van der Waals surface area (Å²) in [4.78, 5) is 4.32. The van der Waals surface area contributed by atoms with Crippen molar-refractivity contribution < 1.29 is 12.8 Å². The van der Waals surface area contributed by atoms with E-state index in [9.17, 15) is 12.8 Å². The minimum Gasteiger partial charge on any atom is -0.340 e. The summed E-state index contributed by atoms with van der Waals surface area (Å²) in [5, 5.41) is 3.00. The fourth-order valence-electron chi connectivity index (χ4n) is 2.02. The number of nitrogens with one attached hydrogen (secondary N) is 2. The predicted octanol–water partition coefficient (Wildman–Crippen LogP) is 3.77. The van der Waals surface area contributed by atoms with E-state index in [1.165, 1.54) is 30.5 Å². The number of halogens is 1. The maximum atomic E-state index is 12.9. The number of pyridine rings is 1. The van der Waals surface area contributed by atoms with E-state index < -0.39 is 10.0 Å². The minimum atomic E-state index is -3.64. The topological polar surface area (TPSA) is 71.1 Å². The van der Waals surface area contributed by atoms with Crippen LogP contribution in [0.1, 0.15) is 0 Å². The van der Waals surface area contributed by atoms with Gasteiger partial charge in [0.25, 0.3) is 10.0 Å². The van der Waals surface area contributed by atoms with Gasteiger partial charge < -0.3 is 5.32 Å². The van der Waals surface area contributed by atoms with Gasteiger partial charge in [-0.2, -0.15) is 0 Å². The second kappa shape index (κ2) is 6.67. The van der Waals surface area contributed by atoms with Gasteiger partial charge >= 0.3 is 0 Å². The van der Waals surface area contributed by atoms with Gasteiger partial charge in [-0.3, -0.25) is 4.72 Å². The number of benzene rings is 2. The third kappa shape index (κ3) is 3.88. The summed E-state index contributed by atoms with van der Waals surface area (Å²) in [6.07, 6.45) is 1.41. The molecule has 0 aliphatic heterocycles. The molecule has 5 nitrogen and oxygen atoms in total. The van der Waals surface area contributed by atoms with E-state index >= 15 is 0 Å². The van der Waals surface area contributed by atoms with Crippen molar-refractivity contribution in [2.45, 2.75) is 4.90 Å². The lowest BCUT2D eigenvalue weighted by Crippen LogP contribution is -2.13. The Balaban J connectivity index is 1.72. The molecule has 3 aromatic rings. The van der Waals surface area contributed by atoms with Crippen LogP contribution < -0.4 is 10.0 Å². The van der Waals surface area contributed by atoms with Gasteiger partial charge in [0.05, 0.1) is 16.8 Å². The van der Waals surface area contributed by atoms with E-state index in [4.69, 9.17) is 0 Å². The molecule has 0 atom stereocenters. The summed E-state index contributed by atoms with van der Waals surface area (Å²) in [6, 6.07) is 17.2. The largest absolute Gasteiger partial charge is 0.340 e. The molecule has 0 aliphatic carbocycles. The third-order valence-electron chi connectivity index (χ3n) is 3.19. The van der Waals surface area contributed by atoms with Gasteiger partial charge in [-0.25, -0.2) is 17.8 Å². The van der Waals surface area contributed by atoms with E-state index in [0.717, 1.165) is 0 Å². The molecule has 2 aromatic carbocycles. The van der Waals surface area contributed by atoms with Gasteiger partial charge in [-0.1, -0.05) is 18.2 Å². The van der Waals surface area contributed by atoms with Crippen LogP contribution in [0.2, 0.25) is 0 Å². The van der Waals surface area contributed by atoms with Crippen molar-refractivity contribution in [3.05, 3.63) is 78.7 Å². The zero-order chi connectivity index (χ0) is 17.0. The normalized spacial score (nSPS) is 11.0. The fraction of sp³-hybridized carbons (Fsp3) is 0. The lowest BCUT2D eigenvalue weighted by molar-refractivity contribution is 0.601. The van der Waals surface area contributed by atoms with Crippen LogP contribution in [0.15, 0.2) is 77.8 Å². The number of aromatic nitrogens is 1. The second-order valence-electron chi connectivity index (χ2n) is 4.98. The van der Waals surface area contributed by atoms with Gasteiger partial charge in [0.1, 0.15) is 11.6 Å². The van der Waals surface area contributed by atoms with Crippen LogP contribution in [0.5, 0.6) is 0 Å². The molecule has 3 rings (SSSR count). The number of sulfonamides is 1. The molecule has 0 spiro atoms. The van der Waals surface area contributed by atoms with Crippen LogP contribution in [-0.2, 0) is 10.0 Å². The zero-order valence-corrected chi connectivity index (χ0v) is 13.3. The van der Waals surface area contributed by atoms with Crippen LogP contribution in [0.4, 0.5) is 21.6 Å². The van der Waals surface area contributed by atoms with Crippen molar-refractivity contribution >= 4 is 27.2 Å². The van der Waals surface area contributed by atoms with Crippen molar-refractivity contribution in [1.29, 1.82) is 0 Å². The Morgan fingerprint density at radius 1 is 0.833 bits per heavy atom. The van der Waals surface area contributed by atoms with Crippen molar-refractivity contribution in [2.24, 2.45) is 0 Å². The SMILES string of the molecule is O=S(=O)(Nc1ccc(Nc2ccc(F)cc2)nc1)c1ccccc1. The van der Waals surface area contributed by atoms with E-state index in [1.807, 2.05) is 0 Å². The molecule has 0 bridgehead atoms. The molecular formula is C17H14FN3O2S. The molecule has 0 fully saturated rings. The molecule has 1 heterocycles. The Labute approximate surface area is 139 Å². The average molecular weight is 343 g/mol. The van der Waals surface area contributed by atoms with E-state index in [1.54, 1.807) is 42.5 Å². The Kier molecular flexibility index (Phi) is 4.43. The van der Waals surface area contributed by atoms with Crippen LogP contribution >= 0.6 is 0 Å². The van der Waals surface area contributed by atoms with Gasteiger partial charge in [-0.15, -0.1) is 0 Å². The van der Waals surface area contributed by atoms with Gasteiger partial charge in [0.15, 0.2) is 0 Å². The first-order valence-corrected chi connectivity index (χ1v) is 8.58. The highest BCUT2D eigenvalue weighted by atomic mass is 32.2. The number of anilines is 3. The van der Waals surface area contributed by atoms with Gasteiger partial charge in [0.2, 0.25) is 0 Å². The first-order valence-electron chi connectivity index (χ1n) is 7.09. The van der Waals surface area contributed by atoms with Crippen LogP contribution in [0, 0.1) is 5.82 Å². The predicted molar refractivity (Wildman–Crippen MR) is 91.2 cm³/mol. The summed E-state index contributed by atoms with van der Waals surface area (Å²) in [6.45, 7) is 0. The van der Waals surface area contributed by atoms with Gasteiger partial charge in [0, 0.05) is 5.69 Å². The maximum Gasteiger partial charge on any atom is 0.261 e. The Morgan fingerprint density at radius 3 is 2.12 bits per heavy atom. The van der Waals surface area contributed by atoms with Crippen LogP contribution in [-0.4, -0.2) is 13.4 Å². The highest BCUT2D eigenvalue weighted by molar-refractivity contribution is 7.92. The highest BCUT2D eigenvalue weighted by Gasteiger charge is 2.13. The first kappa shape index (κ1) is 15.9. The zero-order valence-electron chi connectivity index (χ0n) is 12.5. The van der Waals surface area contributed by atoms with Crippen LogP contribution in [0.3, 0.4) is 0 Å².